The fourth-order valence-electron chi connectivity index (χ4n) is 4.58. The van der Waals surface area contributed by atoms with Crippen LogP contribution in [0.3, 0.4) is 0 Å². The van der Waals surface area contributed by atoms with Gasteiger partial charge in [0.05, 0.1) is 12.8 Å². The summed E-state index contributed by atoms with van der Waals surface area (Å²) < 4.78 is 5.28. The lowest BCUT2D eigenvalue weighted by molar-refractivity contribution is -0.123. The fraction of sp³-hybridized carbons (Fsp3) is 0.385. The number of benzene rings is 1. The lowest BCUT2D eigenvalue weighted by Gasteiger charge is -2.33. The lowest BCUT2D eigenvalue weighted by atomic mass is 9.81. The molecule has 2 atom stereocenters. The molecule has 4 rings (SSSR count). The van der Waals surface area contributed by atoms with E-state index in [1.54, 1.807) is 36.3 Å². The molecule has 3 aliphatic rings. The van der Waals surface area contributed by atoms with Crippen LogP contribution in [0.2, 0.25) is 0 Å². The van der Waals surface area contributed by atoms with E-state index in [0.29, 0.717) is 29.8 Å². The van der Waals surface area contributed by atoms with Crippen LogP contribution in [0.15, 0.2) is 72.4 Å². The molecule has 0 N–H and O–H groups in total. The van der Waals surface area contributed by atoms with Crippen molar-refractivity contribution in [1.82, 2.24) is 4.90 Å². The van der Waals surface area contributed by atoms with Crippen molar-refractivity contribution < 1.29 is 14.3 Å². The molecule has 0 radical (unpaired) electrons. The standard InChI is InChI=1S/C26H30N2O3/c1-26(2)24(29)28(22-14-9-15-23(17-22)31-3)25(30)27(26)18-21-13-8-7-12-20(21)16-19-10-5-4-6-11-19/h4-10,13-15,17,19-20H,11-12,16,18H2,1-3H3. The quantitative estimate of drug-likeness (QED) is 0.592. The van der Waals surface area contributed by atoms with E-state index in [1.165, 1.54) is 10.5 Å². The van der Waals surface area contributed by atoms with Gasteiger partial charge in [0, 0.05) is 12.6 Å². The average Bonchev–Trinajstić information content (AvgIpc) is 2.95. The van der Waals surface area contributed by atoms with Crippen LogP contribution in [-0.4, -0.2) is 36.0 Å². The van der Waals surface area contributed by atoms with Gasteiger partial charge in [-0.3, -0.25) is 4.79 Å². The molecule has 0 saturated carbocycles. The number of hydrogen-bond donors (Lipinski definition) is 0. The number of methoxy groups -OCH3 is 1. The molecule has 2 aliphatic carbocycles. The molecule has 1 aromatic rings. The van der Waals surface area contributed by atoms with E-state index >= 15 is 0 Å². The van der Waals surface area contributed by atoms with Crippen LogP contribution in [0, 0.1) is 11.8 Å². The minimum Gasteiger partial charge on any atom is -0.497 e. The highest BCUT2D eigenvalue weighted by Crippen LogP contribution is 2.37. The first-order chi connectivity index (χ1) is 14.9. The largest absolute Gasteiger partial charge is 0.497 e. The Labute approximate surface area is 184 Å². The van der Waals surface area contributed by atoms with Gasteiger partial charge in [-0.05, 0) is 62.7 Å². The van der Waals surface area contributed by atoms with E-state index < -0.39 is 5.54 Å². The average molecular weight is 419 g/mol. The van der Waals surface area contributed by atoms with Crippen molar-refractivity contribution in [2.45, 2.75) is 38.6 Å². The number of imide groups is 1. The zero-order valence-electron chi connectivity index (χ0n) is 18.5. The van der Waals surface area contributed by atoms with Gasteiger partial charge in [-0.15, -0.1) is 0 Å². The summed E-state index contributed by atoms with van der Waals surface area (Å²) in [7, 11) is 1.57. The van der Waals surface area contributed by atoms with E-state index in [4.69, 9.17) is 4.74 Å². The number of carbonyl (C=O) groups excluding carboxylic acids is 2. The predicted octanol–water partition coefficient (Wildman–Crippen LogP) is 5.27. The minimum absolute atomic E-state index is 0.213. The Morgan fingerprint density at radius 2 is 1.90 bits per heavy atom. The molecule has 5 nitrogen and oxygen atoms in total. The van der Waals surface area contributed by atoms with Gasteiger partial charge >= 0.3 is 6.03 Å². The number of carbonyl (C=O) groups is 2. The van der Waals surface area contributed by atoms with Gasteiger partial charge in [0.2, 0.25) is 0 Å². The van der Waals surface area contributed by atoms with E-state index in [1.807, 2.05) is 13.8 Å². The molecule has 2 unspecified atom stereocenters. The number of amides is 3. The molecular weight excluding hydrogens is 388 g/mol. The number of ether oxygens (including phenoxy) is 1. The van der Waals surface area contributed by atoms with E-state index in [2.05, 4.69) is 42.5 Å². The zero-order valence-corrected chi connectivity index (χ0v) is 18.5. The van der Waals surface area contributed by atoms with Crippen LogP contribution in [0.1, 0.15) is 33.1 Å². The van der Waals surface area contributed by atoms with Crippen LogP contribution >= 0.6 is 0 Å². The SMILES string of the molecule is COc1cccc(N2C(=O)N(CC3=CC=CCC3CC3C=CC=CC3)C(C)(C)C2=O)c1. The highest BCUT2D eigenvalue weighted by Gasteiger charge is 2.52. The molecule has 1 fully saturated rings. The summed E-state index contributed by atoms with van der Waals surface area (Å²) >= 11 is 0. The number of allylic oxidation sites excluding steroid dienone is 7. The van der Waals surface area contributed by atoms with E-state index in [0.717, 1.165) is 19.3 Å². The van der Waals surface area contributed by atoms with Gasteiger partial charge in [-0.25, -0.2) is 9.69 Å². The van der Waals surface area contributed by atoms with E-state index in [-0.39, 0.29) is 11.9 Å². The first-order valence-corrected chi connectivity index (χ1v) is 10.9. The number of rotatable bonds is 6. The molecular formula is C26H30N2O3. The maximum atomic E-state index is 13.4. The van der Waals surface area contributed by atoms with Gasteiger partial charge in [0.15, 0.2) is 0 Å². The second-order valence-electron chi connectivity index (χ2n) is 8.92. The molecule has 1 aromatic carbocycles. The minimum atomic E-state index is -0.916. The summed E-state index contributed by atoms with van der Waals surface area (Å²) in [6.07, 6.45) is 18.2. The van der Waals surface area contributed by atoms with Crippen LogP contribution in [0.5, 0.6) is 5.75 Å². The van der Waals surface area contributed by atoms with Crippen molar-refractivity contribution in [3.05, 3.63) is 72.4 Å². The molecule has 0 spiro atoms. The normalized spacial score (nSPS) is 24.7. The Morgan fingerprint density at radius 3 is 2.65 bits per heavy atom. The Kier molecular flexibility index (Phi) is 5.86. The third-order valence-corrected chi connectivity index (χ3v) is 6.52. The van der Waals surface area contributed by atoms with Crippen molar-refractivity contribution in [3.63, 3.8) is 0 Å². The van der Waals surface area contributed by atoms with Gasteiger partial charge in [0.25, 0.3) is 5.91 Å². The summed E-state index contributed by atoms with van der Waals surface area (Å²) in [5, 5.41) is 0. The molecule has 0 bridgehead atoms. The second kappa shape index (κ2) is 8.58. The Bertz CT molecular complexity index is 986. The smallest absolute Gasteiger partial charge is 0.332 e. The van der Waals surface area contributed by atoms with Gasteiger partial charge in [-0.1, -0.05) is 48.6 Å². The molecule has 31 heavy (non-hydrogen) atoms. The maximum absolute atomic E-state index is 13.4. The van der Waals surface area contributed by atoms with Crippen molar-refractivity contribution in [1.29, 1.82) is 0 Å². The lowest BCUT2D eigenvalue weighted by Crippen LogP contribution is -2.45. The summed E-state index contributed by atoms with van der Waals surface area (Å²) in [4.78, 5) is 29.7. The first kappa shape index (κ1) is 21.2. The van der Waals surface area contributed by atoms with Crippen molar-refractivity contribution in [2.24, 2.45) is 11.8 Å². The van der Waals surface area contributed by atoms with Gasteiger partial charge in [-0.2, -0.15) is 0 Å². The molecule has 162 valence electrons. The fourth-order valence-corrected chi connectivity index (χ4v) is 4.58. The summed E-state index contributed by atoms with van der Waals surface area (Å²) in [6, 6.07) is 6.81. The maximum Gasteiger partial charge on any atom is 0.332 e. The van der Waals surface area contributed by atoms with Crippen molar-refractivity contribution in [2.75, 3.05) is 18.6 Å². The summed E-state index contributed by atoms with van der Waals surface area (Å²) in [6.45, 7) is 4.12. The predicted molar refractivity (Wildman–Crippen MR) is 123 cm³/mol. The highest BCUT2D eigenvalue weighted by atomic mass is 16.5. The van der Waals surface area contributed by atoms with E-state index in [9.17, 15) is 9.59 Å². The van der Waals surface area contributed by atoms with Crippen LogP contribution in [-0.2, 0) is 4.79 Å². The number of urea groups is 1. The molecule has 3 amide bonds. The third kappa shape index (κ3) is 4.09. The number of anilines is 1. The summed E-state index contributed by atoms with van der Waals surface area (Å²) in [5.41, 5.74) is 0.838. The molecule has 1 heterocycles. The Hall–Kier alpha value is -3.08. The topological polar surface area (TPSA) is 49.9 Å². The van der Waals surface area contributed by atoms with Gasteiger partial charge < -0.3 is 9.64 Å². The third-order valence-electron chi connectivity index (χ3n) is 6.52. The van der Waals surface area contributed by atoms with Crippen molar-refractivity contribution in [3.8, 4) is 5.75 Å². The second-order valence-corrected chi connectivity index (χ2v) is 8.92. The van der Waals surface area contributed by atoms with Gasteiger partial charge in [0.1, 0.15) is 11.3 Å². The van der Waals surface area contributed by atoms with Crippen LogP contribution < -0.4 is 9.64 Å². The monoisotopic (exact) mass is 418 g/mol. The zero-order chi connectivity index (χ0) is 22.0. The highest BCUT2D eigenvalue weighted by molar-refractivity contribution is 6.23. The molecule has 5 heteroatoms. The number of nitrogens with zero attached hydrogens (tertiary/aromatic N) is 2. The van der Waals surface area contributed by atoms with Crippen molar-refractivity contribution >= 4 is 17.6 Å². The Balaban J connectivity index is 1.56. The number of hydrogen-bond acceptors (Lipinski definition) is 3. The van der Waals surface area contributed by atoms with Crippen LogP contribution in [0.25, 0.3) is 0 Å². The molecule has 1 saturated heterocycles. The Morgan fingerprint density at radius 1 is 1.10 bits per heavy atom. The molecule has 0 aromatic heterocycles. The summed E-state index contributed by atoms with van der Waals surface area (Å²) in [5.74, 6) is 1.29. The molecule has 1 aliphatic heterocycles. The van der Waals surface area contributed by atoms with Crippen LogP contribution in [0.4, 0.5) is 10.5 Å². The first-order valence-electron chi connectivity index (χ1n) is 10.9.